The normalized spacial score (nSPS) is 11.9. The molecule has 0 saturated heterocycles. The molecule has 0 rings (SSSR count). The molecule has 0 saturated carbocycles. The maximum absolute atomic E-state index is 12.8. The number of ether oxygens (including phenoxy) is 3. The molecule has 0 spiro atoms. The van der Waals surface area contributed by atoms with Crippen molar-refractivity contribution in [3.05, 3.63) is 0 Å². The van der Waals surface area contributed by atoms with E-state index < -0.39 is 6.10 Å². The van der Waals surface area contributed by atoms with Crippen LogP contribution in [0.15, 0.2) is 0 Å². The number of unbranched alkanes of at least 4 members (excludes halogenated alkanes) is 57. The van der Waals surface area contributed by atoms with E-state index in [9.17, 15) is 14.4 Å². The second kappa shape index (κ2) is 67.9. The van der Waals surface area contributed by atoms with Gasteiger partial charge in [0.2, 0.25) is 0 Å². The predicted molar refractivity (Wildman–Crippen MR) is 340 cm³/mol. The molecule has 464 valence electrons. The fraction of sp³-hybridized carbons (Fsp3) is 0.958. The van der Waals surface area contributed by atoms with Crippen LogP contribution in [0, 0.1) is 0 Å². The summed E-state index contributed by atoms with van der Waals surface area (Å²) in [6, 6.07) is 0. The van der Waals surface area contributed by atoms with Crippen molar-refractivity contribution in [1.29, 1.82) is 0 Å². The molecule has 0 aromatic heterocycles. The second-order valence-corrected chi connectivity index (χ2v) is 24.9. The van der Waals surface area contributed by atoms with Crippen molar-refractivity contribution in [2.45, 2.75) is 431 Å². The van der Waals surface area contributed by atoms with E-state index in [4.69, 9.17) is 14.2 Å². The highest BCUT2D eigenvalue weighted by atomic mass is 16.6. The lowest BCUT2D eigenvalue weighted by molar-refractivity contribution is -0.167. The molecule has 0 aliphatic rings. The predicted octanol–water partition coefficient (Wildman–Crippen LogP) is 24.6. The number of carbonyl (C=O) groups is 3. The minimum absolute atomic E-state index is 0.0622. The Hall–Kier alpha value is -1.59. The van der Waals surface area contributed by atoms with Gasteiger partial charge in [0.25, 0.3) is 0 Å². The summed E-state index contributed by atoms with van der Waals surface area (Å²) in [5.74, 6) is -0.844. The summed E-state index contributed by atoms with van der Waals surface area (Å²) in [5, 5.41) is 0. The van der Waals surface area contributed by atoms with E-state index >= 15 is 0 Å². The van der Waals surface area contributed by atoms with E-state index in [0.717, 1.165) is 64.2 Å². The van der Waals surface area contributed by atoms with E-state index in [1.54, 1.807) is 0 Å². The first-order valence-corrected chi connectivity index (χ1v) is 36.0. The van der Waals surface area contributed by atoms with Crippen LogP contribution in [0.4, 0.5) is 0 Å². The zero-order valence-electron chi connectivity index (χ0n) is 53.5. The van der Waals surface area contributed by atoms with Crippen molar-refractivity contribution >= 4 is 17.9 Å². The molecule has 0 amide bonds. The summed E-state index contributed by atoms with van der Waals surface area (Å²) in [4.78, 5) is 38.0. The lowest BCUT2D eigenvalue weighted by atomic mass is 10.0. The van der Waals surface area contributed by atoms with Crippen LogP contribution in [0.5, 0.6) is 0 Å². The molecule has 0 aliphatic carbocycles. The van der Waals surface area contributed by atoms with Gasteiger partial charge in [0.05, 0.1) is 0 Å². The molecule has 0 bridgehead atoms. The first kappa shape index (κ1) is 76.4. The molecule has 0 N–H and O–H groups in total. The number of carbonyl (C=O) groups excluding carboxylic acids is 3. The van der Waals surface area contributed by atoms with Gasteiger partial charge in [0, 0.05) is 19.3 Å². The molecule has 0 aliphatic heterocycles. The van der Waals surface area contributed by atoms with Gasteiger partial charge in [-0.15, -0.1) is 0 Å². The van der Waals surface area contributed by atoms with Gasteiger partial charge in [-0.1, -0.05) is 387 Å². The highest BCUT2D eigenvalue weighted by Gasteiger charge is 2.19. The Labute approximate surface area is 488 Å². The number of rotatable bonds is 68. The Kier molecular flexibility index (Phi) is 66.5. The molecule has 0 heterocycles. The number of hydrogen-bond donors (Lipinski definition) is 0. The molecule has 0 radical (unpaired) electrons. The number of esters is 3. The van der Waals surface area contributed by atoms with Gasteiger partial charge in [-0.2, -0.15) is 0 Å². The maximum atomic E-state index is 12.8. The Morgan fingerprint density at radius 2 is 0.346 bits per heavy atom. The van der Waals surface area contributed by atoms with Crippen LogP contribution in [0.1, 0.15) is 425 Å². The highest BCUT2D eigenvalue weighted by molar-refractivity contribution is 5.71. The SMILES string of the molecule is CCCCCCCCCCCCCCCCCCCCCCCCCCCCCCCCCCCCCC(=O)OCC(COC(=O)CCCCCCC)OC(=O)CCCCCCCCCCCCCCCCCCCCCC. The highest BCUT2D eigenvalue weighted by Crippen LogP contribution is 2.20. The summed E-state index contributed by atoms with van der Waals surface area (Å²) in [6.07, 6.45) is 80.7. The molecular weight excluding hydrogens is 961 g/mol. The zero-order chi connectivity index (χ0) is 56.4. The Morgan fingerprint density at radius 3 is 0.513 bits per heavy atom. The summed E-state index contributed by atoms with van der Waals surface area (Å²) >= 11 is 0. The third-order valence-corrected chi connectivity index (χ3v) is 16.9. The van der Waals surface area contributed by atoms with Gasteiger partial charge >= 0.3 is 17.9 Å². The van der Waals surface area contributed by atoms with Gasteiger partial charge in [0.15, 0.2) is 6.10 Å². The lowest BCUT2D eigenvalue weighted by Gasteiger charge is -2.18. The molecule has 0 aromatic rings. The summed E-state index contributed by atoms with van der Waals surface area (Å²) in [5.41, 5.74) is 0. The average Bonchev–Trinajstić information content (AvgIpc) is 3.44. The molecule has 0 fully saturated rings. The van der Waals surface area contributed by atoms with Gasteiger partial charge in [-0.25, -0.2) is 0 Å². The van der Waals surface area contributed by atoms with Crippen molar-refractivity contribution < 1.29 is 28.6 Å². The monoisotopic (exact) mass is 1100 g/mol. The average molecular weight is 1100 g/mol. The standard InChI is InChI=1S/C72H140O6/c1-4-7-10-13-15-17-19-21-23-25-27-29-30-31-32-33-34-35-36-37-38-39-40-41-42-43-45-46-48-50-52-54-56-59-62-65-71(74)77-68-69(67-76-70(73)64-61-58-12-9-6-3)78-72(75)66-63-60-57-55-53-51-49-47-44-28-26-24-22-20-18-16-14-11-8-5-2/h69H,4-68H2,1-3H3. The minimum atomic E-state index is -0.761. The van der Waals surface area contributed by atoms with Gasteiger partial charge in [0.1, 0.15) is 13.2 Å². The maximum Gasteiger partial charge on any atom is 0.306 e. The van der Waals surface area contributed by atoms with Crippen LogP contribution in [0.2, 0.25) is 0 Å². The summed E-state index contributed by atoms with van der Waals surface area (Å²) in [6.45, 7) is 6.65. The van der Waals surface area contributed by atoms with E-state index in [2.05, 4.69) is 20.8 Å². The first-order chi connectivity index (χ1) is 38.5. The molecule has 6 nitrogen and oxygen atoms in total. The zero-order valence-corrected chi connectivity index (χ0v) is 53.5. The number of hydrogen-bond acceptors (Lipinski definition) is 6. The van der Waals surface area contributed by atoms with E-state index in [0.29, 0.717) is 19.3 Å². The third-order valence-electron chi connectivity index (χ3n) is 16.9. The van der Waals surface area contributed by atoms with Gasteiger partial charge in [-0.05, 0) is 19.3 Å². The quantitative estimate of drug-likeness (QED) is 0.0343. The molecule has 6 heteroatoms. The second-order valence-electron chi connectivity index (χ2n) is 24.9. The van der Waals surface area contributed by atoms with Crippen molar-refractivity contribution in [3.63, 3.8) is 0 Å². The van der Waals surface area contributed by atoms with E-state index in [1.807, 2.05) is 0 Å². The van der Waals surface area contributed by atoms with Crippen molar-refractivity contribution in [2.24, 2.45) is 0 Å². The van der Waals surface area contributed by atoms with Crippen molar-refractivity contribution in [2.75, 3.05) is 13.2 Å². The van der Waals surface area contributed by atoms with Crippen molar-refractivity contribution in [3.8, 4) is 0 Å². The van der Waals surface area contributed by atoms with E-state index in [1.165, 1.54) is 321 Å². The molecule has 1 unspecified atom stereocenters. The summed E-state index contributed by atoms with van der Waals surface area (Å²) < 4.78 is 16.8. The lowest BCUT2D eigenvalue weighted by Crippen LogP contribution is -2.30. The van der Waals surface area contributed by atoms with Crippen molar-refractivity contribution in [1.82, 2.24) is 0 Å². The van der Waals surface area contributed by atoms with Crippen LogP contribution in [-0.4, -0.2) is 37.2 Å². The van der Waals surface area contributed by atoms with Gasteiger partial charge in [-0.3, -0.25) is 14.4 Å². The van der Waals surface area contributed by atoms with Gasteiger partial charge < -0.3 is 14.2 Å². The Balaban J connectivity index is 3.82. The first-order valence-electron chi connectivity index (χ1n) is 36.0. The molecule has 1 atom stereocenters. The Bertz CT molecular complexity index is 1170. The van der Waals surface area contributed by atoms with E-state index in [-0.39, 0.29) is 31.1 Å². The van der Waals surface area contributed by atoms with Crippen LogP contribution in [-0.2, 0) is 28.6 Å². The van der Waals surface area contributed by atoms with Crippen LogP contribution in [0.3, 0.4) is 0 Å². The summed E-state index contributed by atoms with van der Waals surface area (Å²) in [7, 11) is 0. The third kappa shape index (κ3) is 65.2. The molecular formula is C72H140O6. The fourth-order valence-electron chi connectivity index (χ4n) is 11.5. The van der Waals surface area contributed by atoms with Crippen LogP contribution >= 0.6 is 0 Å². The fourth-order valence-corrected chi connectivity index (χ4v) is 11.5. The van der Waals surface area contributed by atoms with Crippen LogP contribution < -0.4 is 0 Å². The largest absolute Gasteiger partial charge is 0.462 e. The topological polar surface area (TPSA) is 78.9 Å². The van der Waals surface area contributed by atoms with Crippen LogP contribution in [0.25, 0.3) is 0 Å². The molecule has 78 heavy (non-hydrogen) atoms. The molecule has 0 aromatic carbocycles. The Morgan fingerprint density at radius 1 is 0.205 bits per heavy atom. The smallest absolute Gasteiger partial charge is 0.306 e. The minimum Gasteiger partial charge on any atom is -0.462 e.